The molecule has 7 rings (SSSR count). The van der Waals surface area contributed by atoms with Gasteiger partial charge in [-0.1, -0.05) is 53.5 Å². The van der Waals surface area contributed by atoms with Gasteiger partial charge in [0.05, 0.1) is 23.6 Å². The van der Waals surface area contributed by atoms with E-state index in [1.807, 2.05) is 24.3 Å². The molecule has 1 aliphatic heterocycles. The van der Waals surface area contributed by atoms with Crippen molar-refractivity contribution in [2.45, 2.75) is 48.5 Å². The third-order valence-electron chi connectivity index (χ3n) is 9.27. The largest absolute Gasteiger partial charge is 0.496 e. The number of methoxy groups -OCH3 is 1. The number of rotatable bonds is 9. The van der Waals surface area contributed by atoms with Crippen molar-refractivity contribution in [1.82, 2.24) is 14.1 Å². The van der Waals surface area contributed by atoms with Crippen LogP contribution in [0, 0.1) is 0 Å². The molecule has 0 amide bonds. The highest BCUT2D eigenvalue weighted by molar-refractivity contribution is 7.89. The fourth-order valence-electron chi connectivity index (χ4n) is 6.74. The normalized spacial score (nSPS) is 16.2. The van der Waals surface area contributed by atoms with Gasteiger partial charge in [-0.15, -0.1) is 0 Å². The molecule has 0 atom stereocenters. The lowest BCUT2D eigenvalue weighted by Crippen LogP contribution is -2.38. The van der Waals surface area contributed by atoms with Crippen LogP contribution in [-0.4, -0.2) is 53.8 Å². The van der Waals surface area contributed by atoms with Gasteiger partial charge in [0, 0.05) is 46.1 Å². The second-order valence-electron chi connectivity index (χ2n) is 12.2. The second-order valence-corrected chi connectivity index (χ2v) is 15.0. The minimum absolute atomic E-state index is 0.0531. The predicted molar refractivity (Wildman–Crippen MR) is 183 cm³/mol. The Kier molecular flexibility index (Phi) is 8.51. The zero-order chi connectivity index (χ0) is 32.9. The van der Waals surface area contributed by atoms with Gasteiger partial charge >= 0.3 is 5.97 Å². The van der Waals surface area contributed by atoms with Crippen LogP contribution in [0.25, 0.3) is 10.9 Å². The number of piperidine rings is 1. The average molecular weight is 691 g/mol. The summed E-state index contributed by atoms with van der Waals surface area (Å²) in [5, 5.41) is 17.1. The summed E-state index contributed by atoms with van der Waals surface area (Å²) in [6, 6.07) is 26.6. The number of hydrogen-bond donors (Lipinski definition) is 1. The zero-order valence-electron chi connectivity index (χ0n) is 25.6. The van der Waals surface area contributed by atoms with E-state index in [4.69, 9.17) is 33.0 Å². The number of nitrogens with zero attached hydrogens (tertiary/aromatic N) is 3. The summed E-state index contributed by atoms with van der Waals surface area (Å²) >= 11 is 12.5. The van der Waals surface area contributed by atoms with Crippen molar-refractivity contribution in [2.75, 3.05) is 20.2 Å². The lowest BCUT2D eigenvalue weighted by atomic mass is 9.84. The summed E-state index contributed by atoms with van der Waals surface area (Å²) in [5.74, 6) is -1.08. The van der Waals surface area contributed by atoms with Crippen molar-refractivity contribution < 1.29 is 23.1 Å². The number of ether oxygens (including phenoxy) is 1. The van der Waals surface area contributed by atoms with E-state index in [0.29, 0.717) is 42.0 Å². The highest BCUT2D eigenvalue weighted by Gasteiger charge is 2.36. The van der Waals surface area contributed by atoms with E-state index in [0.717, 1.165) is 46.1 Å². The fraction of sp³-hybridized carbons (Fsp3) is 0.278. The number of halogens is 2. The van der Waals surface area contributed by atoms with Crippen LogP contribution >= 0.6 is 23.2 Å². The van der Waals surface area contributed by atoms with Gasteiger partial charge < -0.3 is 9.84 Å². The molecular weight excluding hydrogens is 657 g/mol. The quantitative estimate of drug-likeness (QED) is 0.157. The average Bonchev–Trinajstić information content (AvgIpc) is 3.86. The first-order valence-electron chi connectivity index (χ1n) is 15.6. The summed E-state index contributed by atoms with van der Waals surface area (Å²) in [6.45, 7) is 0.632. The van der Waals surface area contributed by atoms with Gasteiger partial charge in [-0.2, -0.15) is 9.40 Å². The van der Waals surface area contributed by atoms with Crippen LogP contribution in [0.5, 0.6) is 5.75 Å². The van der Waals surface area contributed by atoms with Gasteiger partial charge in [-0.05, 0) is 97.0 Å². The van der Waals surface area contributed by atoms with E-state index in [-0.39, 0.29) is 28.0 Å². The molecule has 2 aliphatic rings. The third kappa shape index (κ3) is 6.13. The smallest absolute Gasteiger partial charge is 0.339 e. The minimum Gasteiger partial charge on any atom is -0.496 e. The Hall–Kier alpha value is -3.89. The molecule has 1 saturated heterocycles. The van der Waals surface area contributed by atoms with Gasteiger partial charge in [0.25, 0.3) is 0 Å². The number of carboxylic acids is 1. The molecule has 47 heavy (non-hydrogen) atoms. The van der Waals surface area contributed by atoms with Crippen molar-refractivity contribution in [2.24, 2.45) is 0 Å². The van der Waals surface area contributed by atoms with Gasteiger partial charge in [-0.25, -0.2) is 13.2 Å². The van der Waals surface area contributed by atoms with Crippen LogP contribution in [0.4, 0.5) is 0 Å². The van der Waals surface area contributed by atoms with E-state index in [1.165, 1.54) is 29.6 Å². The van der Waals surface area contributed by atoms with Crippen LogP contribution in [0.15, 0.2) is 89.8 Å². The Morgan fingerprint density at radius 2 is 1.45 bits per heavy atom. The van der Waals surface area contributed by atoms with Crippen LogP contribution in [-0.2, 0) is 10.0 Å². The Labute approximate surface area is 283 Å². The molecule has 1 N–H and O–H groups in total. The first-order valence-corrected chi connectivity index (χ1v) is 17.8. The van der Waals surface area contributed by atoms with Gasteiger partial charge in [-0.3, -0.25) is 4.68 Å². The van der Waals surface area contributed by atoms with Crippen molar-refractivity contribution >= 4 is 50.1 Å². The molecule has 0 radical (unpaired) electrons. The molecule has 1 aromatic heterocycles. The summed E-state index contributed by atoms with van der Waals surface area (Å²) in [4.78, 5) is 11.7. The van der Waals surface area contributed by atoms with Gasteiger partial charge in [0.2, 0.25) is 10.0 Å². The lowest BCUT2D eigenvalue weighted by Gasteiger charge is -2.32. The minimum atomic E-state index is -3.90. The summed E-state index contributed by atoms with van der Waals surface area (Å²) in [7, 11) is -2.55. The number of hydrogen-bond acceptors (Lipinski definition) is 5. The molecule has 1 saturated carbocycles. The van der Waals surface area contributed by atoms with Gasteiger partial charge in [0.15, 0.2) is 0 Å². The molecule has 11 heteroatoms. The van der Waals surface area contributed by atoms with Crippen molar-refractivity contribution in [3.8, 4) is 5.75 Å². The molecule has 4 aromatic carbocycles. The molecule has 8 nitrogen and oxygen atoms in total. The van der Waals surface area contributed by atoms with Crippen molar-refractivity contribution in [1.29, 1.82) is 0 Å². The lowest BCUT2D eigenvalue weighted by molar-refractivity contribution is 0.0693. The number of benzene rings is 4. The van der Waals surface area contributed by atoms with E-state index >= 15 is 0 Å². The maximum atomic E-state index is 13.6. The molecule has 0 bridgehead atoms. The first kappa shape index (κ1) is 31.7. The molecular formula is C36H33Cl2N3O5S. The Balaban J connectivity index is 1.22. The highest BCUT2D eigenvalue weighted by Crippen LogP contribution is 2.44. The number of aromatic carboxylic acids is 1. The zero-order valence-corrected chi connectivity index (χ0v) is 28.0. The first-order chi connectivity index (χ1) is 22.6. The van der Waals surface area contributed by atoms with Crippen LogP contribution in [0.1, 0.15) is 76.3 Å². The molecule has 1 aliphatic carbocycles. The van der Waals surface area contributed by atoms with E-state index in [9.17, 15) is 18.3 Å². The van der Waals surface area contributed by atoms with E-state index < -0.39 is 16.0 Å². The fourth-order valence-corrected chi connectivity index (χ4v) is 8.49. The topological polar surface area (TPSA) is 102 Å². The van der Waals surface area contributed by atoms with E-state index in [1.54, 1.807) is 0 Å². The number of aromatic nitrogens is 2. The molecule has 2 fully saturated rings. The standard InChI is InChI=1S/C36H33Cl2N3O5S/c1-46-33-15-13-29(21-31(33)36(42)43)47(44,45)40-18-16-24(17-19-40)35-30-20-25(6-14-32(30)39-41(35)28-11-12-28)34(22-2-7-26(37)8-3-22)23-4-9-27(38)10-5-23/h2-10,13-15,20-21,24,28,34H,11-12,16-19H2,1H3,(H,42,43). The number of sulfonamides is 1. The summed E-state index contributed by atoms with van der Waals surface area (Å²) < 4.78 is 36.0. The van der Waals surface area contributed by atoms with Crippen LogP contribution in [0.2, 0.25) is 10.0 Å². The molecule has 242 valence electrons. The van der Waals surface area contributed by atoms with Crippen molar-refractivity contribution in [3.05, 3.63) is 123 Å². The second kappa shape index (κ2) is 12.6. The molecule has 0 unspecified atom stereocenters. The Morgan fingerprint density at radius 3 is 2.00 bits per heavy atom. The number of carboxylic acid groups (broad SMARTS) is 1. The molecule has 5 aromatic rings. The third-order valence-corrected chi connectivity index (χ3v) is 11.7. The van der Waals surface area contributed by atoms with E-state index in [2.05, 4.69) is 47.1 Å². The summed E-state index contributed by atoms with van der Waals surface area (Å²) in [6.07, 6.45) is 3.39. The maximum Gasteiger partial charge on any atom is 0.339 e. The SMILES string of the molecule is COc1ccc(S(=O)(=O)N2CCC(c3c4cc(C(c5ccc(Cl)cc5)c5ccc(Cl)cc5)ccc4nn3C3CC3)CC2)cc1C(=O)O. The number of fused-ring (bicyclic) bond motifs is 1. The Morgan fingerprint density at radius 1 is 0.851 bits per heavy atom. The summed E-state index contributed by atoms with van der Waals surface area (Å²) in [5.41, 5.74) is 5.23. The number of carbonyl (C=O) groups is 1. The Bertz CT molecular complexity index is 2020. The highest BCUT2D eigenvalue weighted by atomic mass is 35.5. The maximum absolute atomic E-state index is 13.6. The van der Waals surface area contributed by atoms with Gasteiger partial charge in [0.1, 0.15) is 11.3 Å². The van der Waals surface area contributed by atoms with Crippen LogP contribution in [0.3, 0.4) is 0 Å². The van der Waals surface area contributed by atoms with Crippen molar-refractivity contribution in [3.63, 3.8) is 0 Å². The van der Waals surface area contributed by atoms with Crippen LogP contribution < -0.4 is 4.74 Å². The molecule has 0 spiro atoms. The monoisotopic (exact) mass is 689 g/mol. The predicted octanol–water partition coefficient (Wildman–Crippen LogP) is 8.13. The molecule has 2 heterocycles.